The molecule has 0 aliphatic heterocycles. The van der Waals surface area contributed by atoms with E-state index in [4.69, 9.17) is 4.98 Å². The number of hydrogen-bond donors (Lipinski definition) is 2. The first-order chi connectivity index (χ1) is 13.1. The Bertz CT molecular complexity index is 1090. The van der Waals surface area contributed by atoms with Crippen LogP contribution in [0, 0.1) is 11.7 Å². The highest BCUT2D eigenvalue weighted by atomic mass is 19.1. The third kappa shape index (κ3) is 3.72. The fourth-order valence-corrected chi connectivity index (χ4v) is 3.22. The van der Waals surface area contributed by atoms with Crippen LogP contribution in [0.15, 0.2) is 36.9 Å². The molecule has 1 aromatic carbocycles. The highest BCUT2D eigenvalue weighted by Gasteiger charge is 2.11. The number of rotatable bonds is 6. The number of aromatic amines is 1. The summed E-state index contributed by atoms with van der Waals surface area (Å²) in [5.41, 5.74) is 4.34. The number of hydrogen-bond acceptors (Lipinski definition) is 5. The lowest BCUT2D eigenvalue weighted by Crippen LogP contribution is -2.10. The maximum Gasteiger partial charge on any atom is 0.182 e. The Morgan fingerprint density at radius 1 is 1.15 bits per heavy atom. The van der Waals surface area contributed by atoms with Gasteiger partial charge in [-0.2, -0.15) is 0 Å². The Morgan fingerprint density at radius 2 is 2.04 bits per heavy atom. The summed E-state index contributed by atoms with van der Waals surface area (Å²) in [6.07, 6.45) is 4.77. The minimum absolute atomic E-state index is 0.257. The molecule has 6 nitrogen and oxygen atoms in total. The molecule has 0 spiro atoms. The second-order valence-electron chi connectivity index (χ2n) is 7.03. The van der Waals surface area contributed by atoms with E-state index in [1.807, 2.05) is 0 Å². The lowest BCUT2D eigenvalue weighted by atomic mass is 9.99. The molecule has 7 heteroatoms. The van der Waals surface area contributed by atoms with Crippen molar-refractivity contribution >= 4 is 27.9 Å². The van der Waals surface area contributed by atoms with Gasteiger partial charge in [0, 0.05) is 23.7 Å². The van der Waals surface area contributed by atoms with E-state index in [0.717, 1.165) is 35.3 Å². The molecule has 0 bridgehead atoms. The number of benzene rings is 1. The van der Waals surface area contributed by atoms with E-state index in [0.29, 0.717) is 23.6 Å². The van der Waals surface area contributed by atoms with Gasteiger partial charge in [0.25, 0.3) is 0 Å². The maximum absolute atomic E-state index is 13.6. The van der Waals surface area contributed by atoms with Gasteiger partial charge in [-0.25, -0.2) is 19.3 Å². The Labute approximate surface area is 156 Å². The number of H-pyrrole nitrogens is 1. The standard InChI is InChI=1S/C20H21FN6/c1-12(2)7-16-14(8-13-3-4-15(21)9-17(13)27-16)5-6-22-19-18-20(24-10-23-18)26-11-25-19/h3-4,8-12H,5-7H2,1-2H3,(H2,22,23,24,25,26). The predicted molar refractivity (Wildman–Crippen MR) is 104 cm³/mol. The van der Waals surface area contributed by atoms with Crippen LogP contribution in [0.2, 0.25) is 0 Å². The van der Waals surface area contributed by atoms with E-state index in [1.54, 1.807) is 12.4 Å². The first-order valence-corrected chi connectivity index (χ1v) is 9.06. The normalized spacial score (nSPS) is 11.6. The molecule has 3 heterocycles. The van der Waals surface area contributed by atoms with E-state index in [9.17, 15) is 4.39 Å². The molecule has 27 heavy (non-hydrogen) atoms. The van der Waals surface area contributed by atoms with Gasteiger partial charge >= 0.3 is 0 Å². The molecule has 0 saturated carbocycles. The lowest BCUT2D eigenvalue weighted by molar-refractivity contribution is 0.626. The second kappa shape index (κ2) is 7.26. The zero-order valence-corrected chi connectivity index (χ0v) is 15.3. The summed E-state index contributed by atoms with van der Waals surface area (Å²) in [6.45, 7) is 5.02. The minimum Gasteiger partial charge on any atom is -0.368 e. The van der Waals surface area contributed by atoms with Crippen molar-refractivity contribution in [2.75, 3.05) is 11.9 Å². The largest absolute Gasteiger partial charge is 0.368 e. The number of aromatic nitrogens is 5. The first kappa shape index (κ1) is 17.3. The number of nitrogens with one attached hydrogen (secondary N) is 2. The summed E-state index contributed by atoms with van der Waals surface area (Å²) >= 11 is 0. The molecular formula is C20H21FN6. The van der Waals surface area contributed by atoms with Gasteiger partial charge in [0.05, 0.1) is 11.8 Å². The zero-order chi connectivity index (χ0) is 18.8. The summed E-state index contributed by atoms with van der Waals surface area (Å²) < 4.78 is 13.6. The zero-order valence-electron chi connectivity index (χ0n) is 15.3. The van der Waals surface area contributed by atoms with Crippen LogP contribution in [0.4, 0.5) is 10.2 Å². The summed E-state index contributed by atoms with van der Waals surface area (Å²) in [5.74, 6) is 0.952. The average Bonchev–Trinajstić information content (AvgIpc) is 3.11. The molecule has 0 aliphatic carbocycles. The van der Waals surface area contributed by atoms with Crippen molar-refractivity contribution in [1.29, 1.82) is 0 Å². The third-order valence-electron chi connectivity index (χ3n) is 4.46. The Morgan fingerprint density at radius 3 is 2.89 bits per heavy atom. The molecule has 0 amide bonds. The average molecular weight is 364 g/mol. The number of imidazole rings is 1. The predicted octanol–water partition coefficient (Wildman–Crippen LogP) is 3.89. The van der Waals surface area contributed by atoms with E-state index in [2.05, 4.69) is 45.2 Å². The highest BCUT2D eigenvalue weighted by Crippen LogP contribution is 2.21. The second-order valence-corrected chi connectivity index (χ2v) is 7.03. The van der Waals surface area contributed by atoms with Crippen LogP contribution in [0.25, 0.3) is 22.1 Å². The quantitative estimate of drug-likeness (QED) is 0.542. The van der Waals surface area contributed by atoms with Gasteiger partial charge in [-0.05, 0) is 42.5 Å². The third-order valence-corrected chi connectivity index (χ3v) is 4.46. The first-order valence-electron chi connectivity index (χ1n) is 9.06. The number of fused-ring (bicyclic) bond motifs is 2. The van der Waals surface area contributed by atoms with Crippen LogP contribution in [-0.2, 0) is 12.8 Å². The van der Waals surface area contributed by atoms with Crippen molar-refractivity contribution in [3.8, 4) is 0 Å². The van der Waals surface area contributed by atoms with E-state index in [-0.39, 0.29) is 5.82 Å². The molecule has 138 valence electrons. The van der Waals surface area contributed by atoms with E-state index in [1.165, 1.54) is 24.0 Å². The topological polar surface area (TPSA) is 79.4 Å². The number of anilines is 1. The van der Waals surface area contributed by atoms with Crippen LogP contribution in [0.3, 0.4) is 0 Å². The molecule has 0 atom stereocenters. The summed E-state index contributed by atoms with van der Waals surface area (Å²) in [5, 5.41) is 4.31. The molecular weight excluding hydrogens is 343 g/mol. The fraction of sp³-hybridized carbons (Fsp3) is 0.300. The lowest BCUT2D eigenvalue weighted by Gasteiger charge is -2.13. The van der Waals surface area contributed by atoms with Crippen molar-refractivity contribution in [3.05, 3.63) is 54.0 Å². The van der Waals surface area contributed by atoms with Crippen molar-refractivity contribution in [3.63, 3.8) is 0 Å². The van der Waals surface area contributed by atoms with Gasteiger partial charge in [-0.15, -0.1) is 0 Å². The summed E-state index contributed by atoms with van der Waals surface area (Å²) in [6, 6.07) is 6.88. The number of nitrogens with zero attached hydrogens (tertiary/aromatic N) is 4. The minimum atomic E-state index is -0.257. The van der Waals surface area contributed by atoms with Crippen LogP contribution in [-0.4, -0.2) is 31.5 Å². The van der Waals surface area contributed by atoms with E-state index >= 15 is 0 Å². The number of halogens is 1. The molecule has 4 rings (SSSR count). The molecule has 4 aromatic rings. The molecule has 0 unspecified atom stereocenters. The molecule has 0 radical (unpaired) electrons. The monoisotopic (exact) mass is 364 g/mol. The van der Waals surface area contributed by atoms with Crippen molar-refractivity contribution in [2.24, 2.45) is 5.92 Å². The van der Waals surface area contributed by atoms with Crippen molar-refractivity contribution in [2.45, 2.75) is 26.7 Å². The van der Waals surface area contributed by atoms with Gasteiger partial charge in [0.1, 0.15) is 17.7 Å². The summed E-state index contributed by atoms with van der Waals surface area (Å²) in [7, 11) is 0. The van der Waals surface area contributed by atoms with Crippen LogP contribution in [0.5, 0.6) is 0 Å². The van der Waals surface area contributed by atoms with Gasteiger partial charge < -0.3 is 10.3 Å². The Kier molecular flexibility index (Phi) is 4.66. The van der Waals surface area contributed by atoms with Gasteiger partial charge in [0.2, 0.25) is 0 Å². The number of pyridine rings is 1. The van der Waals surface area contributed by atoms with Gasteiger partial charge in [0.15, 0.2) is 11.5 Å². The smallest absolute Gasteiger partial charge is 0.182 e. The molecule has 0 aliphatic rings. The van der Waals surface area contributed by atoms with Gasteiger partial charge in [-0.3, -0.25) is 4.98 Å². The SMILES string of the molecule is CC(C)Cc1nc2cc(F)ccc2cc1CCNc1ncnc2nc[nH]c12. The van der Waals surface area contributed by atoms with Crippen LogP contribution in [0.1, 0.15) is 25.1 Å². The maximum atomic E-state index is 13.6. The molecule has 2 N–H and O–H groups in total. The van der Waals surface area contributed by atoms with E-state index < -0.39 is 0 Å². The van der Waals surface area contributed by atoms with Crippen molar-refractivity contribution < 1.29 is 4.39 Å². The highest BCUT2D eigenvalue weighted by molar-refractivity contribution is 5.82. The van der Waals surface area contributed by atoms with Crippen LogP contribution >= 0.6 is 0 Å². The molecule has 0 saturated heterocycles. The summed E-state index contributed by atoms with van der Waals surface area (Å²) in [4.78, 5) is 20.3. The molecule has 0 fully saturated rings. The fourth-order valence-electron chi connectivity index (χ4n) is 3.22. The van der Waals surface area contributed by atoms with Crippen LogP contribution < -0.4 is 5.32 Å². The molecule has 3 aromatic heterocycles. The van der Waals surface area contributed by atoms with Crippen molar-refractivity contribution in [1.82, 2.24) is 24.9 Å². The Balaban J connectivity index is 1.58. The Hall–Kier alpha value is -3.09. The van der Waals surface area contributed by atoms with Gasteiger partial charge in [-0.1, -0.05) is 13.8 Å².